The largest absolute Gasteiger partial charge is 0.480 e. The molecule has 0 spiro atoms. The smallest absolute Gasteiger partial charge is 0.412 e. The number of amides is 1. The lowest BCUT2D eigenvalue weighted by Gasteiger charge is -2.19. The second kappa shape index (κ2) is 6.38. The summed E-state index contributed by atoms with van der Waals surface area (Å²) in [6.45, 7) is 5.34. The number of rotatable bonds is 4. The molecule has 6 nitrogen and oxygen atoms in total. The highest BCUT2D eigenvalue weighted by atomic mass is 16.6. The molecule has 1 aromatic carbocycles. The van der Waals surface area contributed by atoms with Crippen LogP contribution in [0.4, 0.5) is 10.5 Å². The quantitative estimate of drug-likeness (QED) is 0.782. The minimum Gasteiger partial charge on any atom is -0.480 e. The van der Waals surface area contributed by atoms with Crippen LogP contribution in [0.3, 0.4) is 0 Å². The Kier molecular flexibility index (Phi) is 5.10. The number of nitrogens with one attached hydrogen (secondary N) is 1. The van der Waals surface area contributed by atoms with Gasteiger partial charge in [0.15, 0.2) is 0 Å². The van der Waals surface area contributed by atoms with Crippen LogP contribution in [0.15, 0.2) is 24.3 Å². The van der Waals surface area contributed by atoms with Gasteiger partial charge in [0.1, 0.15) is 11.6 Å². The Balaban J connectivity index is 2.59. The zero-order chi connectivity index (χ0) is 15.3. The van der Waals surface area contributed by atoms with Gasteiger partial charge in [0.2, 0.25) is 0 Å². The van der Waals surface area contributed by atoms with Gasteiger partial charge in [-0.15, -0.1) is 0 Å². The number of nitrogens with two attached hydrogens (primary N) is 1. The van der Waals surface area contributed by atoms with Gasteiger partial charge in [-0.2, -0.15) is 0 Å². The SMILES string of the molecule is CC(C)(C)OC(=O)Nc1ccc(C[C@H](N)C(=O)O)cc1. The molecule has 0 aliphatic carbocycles. The Morgan fingerprint density at radius 2 is 1.85 bits per heavy atom. The molecular formula is C14H20N2O4. The summed E-state index contributed by atoms with van der Waals surface area (Å²) in [6.07, 6.45) is -0.297. The Bertz CT molecular complexity index is 477. The molecule has 1 amide bonds. The molecule has 20 heavy (non-hydrogen) atoms. The molecule has 0 aliphatic heterocycles. The number of aliphatic carboxylic acids is 1. The fraction of sp³-hybridized carbons (Fsp3) is 0.429. The number of hydrogen-bond acceptors (Lipinski definition) is 4. The van der Waals surface area contributed by atoms with Gasteiger partial charge in [0.05, 0.1) is 0 Å². The number of carbonyl (C=O) groups excluding carboxylic acids is 1. The number of carbonyl (C=O) groups is 2. The fourth-order valence-electron chi connectivity index (χ4n) is 1.49. The Labute approximate surface area is 117 Å². The van der Waals surface area contributed by atoms with E-state index >= 15 is 0 Å². The van der Waals surface area contributed by atoms with Crippen molar-refractivity contribution in [3.63, 3.8) is 0 Å². The molecule has 4 N–H and O–H groups in total. The number of carboxylic acid groups (broad SMARTS) is 1. The standard InChI is InChI=1S/C14H20N2O4/c1-14(2,3)20-13(19)16-10-6-4-9(5-7-10)8-11(15)12(17)18/h4-7,11H,8,15H2,1-3H3,(H,16,19)(H,17,18)/t11-/m0/s1. The summed E-state index contributed by atoms with van der Waals surface area (Å²) in [5.74, 6) is -1.04. The van der Waals surface area contributed by atoms with E-state index in [1.54, 1.807) is 45.0 Å². The van der Waals surface area contributed by atoms with E-state index in [4.69, 9.17) is 15.6 Å². The van der Waals surface area contributed by atoms with Crippen LogP contribution in [-0.2, 0) is 16.0 Å². The van der Waals surface area contributed by atoms with Crippen LogP contribution in [0, 0.1) is 0 Å². The molecule has 0 saturated heterocycles. The third kappa shape index (κ3) is 5.71. The molecule has 0 aliphatic rings. The fourth-order valence-corrected chi connectivity index (χ4v) is 1.49. The van der Waals surface area contributed by atoms with Gasteiger partial charge in [-0.25, -0.2) is 4.79 Å². The van der Waals surface area contributed by atoms with Crippen molar-refractivity contribution in [3.05, 3.63) is 29.8 Å². The van der Waals surface area contributed by atoms with Crippen molar-refractivity contribution in [3.8, 4) is 0 Å². The van der Waals surface area contributed by atoms with Crippen LogP contribution in [0.1, 0.15) is 26.3 Å². The first kappa shape index (κ1) is 16.0. The molecule has 0 heterocycles. The lowest BCUT2D eigenvalue weighted by molar-refractivity contribution is -0.138. The van der Waals surface area contributed by atoms with Crippen molar-refractivity contribution in [2.45, 2.75) is 38.8 Å². The van der Waals surface area contributed by atoms with Crippen LogP contribution in [0.5, 0.6) is 0 Å². The molecule has 1 atom stereocenters. The topological polar surface area (TPSA) is 102 Å². The molecule has 0 aromatic heterocycles. The van der Waals surface area contributed by atoms with Crippen molar-refractivity contribution in [2.75, 3.05) is 5.32 Å². The van der Waals surface area contributed by atoms with Gasteiger partial charge >= 0.3 is 12.1 Å². The van der Waals surface area contributed by atoms with Crippen LogP contribution in [0.2, 0.25) is 0 Å². The highest BCUT2D eigenvalue weighted by molar-refractivity contribution is 5.84. The maximum atomic E-state index is 11.5. The van der Waals surface area contributed by atoms with Crippen LogP contribution < -0.4 is 11.1 Å². The minimum absolute atomic E-state index is 0.238. The molecule has 0 unspecified atom stereocenters. The molecule has 0 fully saturated rings. The lowest BCUT2D eigenvalue weighted by Crippen LogP contribution is -2.32. The normalized spacial score (nSPS) is 12.6. The van der Waals surface area contributed by atoms with Crippen molar-refractivity contribution in [2.24, 2.45) is 5.73 Å². The van der Waals surface area contributed by atoms with E-state index < -0.39 is 23.7 Å². The second-order valence-electron chi connectivity index (χ2n) is 5.47. The molecule has 1 aromatic rings. The summed E-state index contributed by atoms with van der Waals surface area (Å²) in [5.41, 5.74) is 6.25. The Hall–Kier alpha value is -2.08. The average molecular weight is 280 g/mol. The zero-order valence-electron chi connectivity index (χ0n) is 11.8. The number of hydrogen-bond donors (Lipinski definition) is 3. The molecular weight excluding hydrogens is 260 g/mol. The number of benzene rings is 1. The van der Waals surface area contributed by atoms with Gasteiger partial charge in [0, 0.05) is 5.69 Å². The van der Waals surface area contributed by atoms with Gasteiger partial charge in [-0.05, 0) is 44.9 Å². The summed E-state index contributed by atoms with van der Waals surface area (Å²) in [4.78, 5) is 22.2. The average Bonchev–Trinajstić information content (AvgIpc) is 2.28. The van der Waals surface area contributed by atoms with Crippen molar-refractivity contribution in [1.29, 1.82) is 0 Å². The third-order valence-electron chi connectivity index (χ3n) is 2.37. The van der Waals surface area contributed by atoms with E-state index in [1.165, 1.54) is 0 Å². The molecule has 0 saturated carbocycles. The predicted molar refractivity (Wildman–Crippen MR) is 75.6 cm³/mol. The number of ether oxygens (including phenoxy) is 1. The Morgan fingerprint density at radius 3 is 2.30 bits per heavy atom. The van der Waals surface area contributed by atoms with E-state index in [1.807, 2.05) is 0 Å². The summed E-state index contributed by atoms with van der Waals surface area (Å²) in [7, 11) is 0. The molecule has 1 rings (SSSR count). The Morgan fingerprint density at radius 1 is 1.30 bits per heavy atom. The van der Waals surface area contributed by atoms with Crippen molar-refractivity contribution >= 4 is 17.7 Å². The third-order valence-corrected chi connectivity index (χ3v) is 2.37. The maximum absolute atomic E-state index is 11.5. The van der Waals surface area contributed by atoms with Crippen molar-refractivity contribution < 1.29 is 19.4 Å². The highest BCUT2D eigenvalue weighted by Crippen LogP contribution is 2.13. The monoisotopic (exact) mass is 280 g/mol. The van der Waals surface area contributed by atoms with Gasteiger partial charge < -0.3 is 15.6 Å². The minimum atomic E-state index is -1.04. The van der Waals surface area contributed by atoms with Gasteiger partial charge in [-0.3, -0.25) is 10.1 Å². The first-order valence-corrected chi connectivity index (χ1v) is 6.25. The van der Waals surface area contributed by atoms with Gasteiger partial charge in [0.25, 0.3) is 0 Å². The second-order valence-corrected chi connectivity index (χ2v) is 5.47. The van der Waals surface area contributed by atoms with E-state index in [0.29, 0.717) is 5.69 Å². The number of anilines is 1. The predicted octanol–water partition coefficient (Wildman–Crippen LogP) is 1.99. The molecule has 6 heteroatoms. The van der Waals surface area contributed by atoms with Crippen LogP contribution in [0.25, 0.3) is 0 Å². The molecule has 110 valence electrons. The molecule has 0 radical (unpaired) electrons. The highest BCUT2D eigenvalue weighted by Gasteiger charge is 2.16. The van der Waals surface area contributed by atoms with E-state index in [0.717, 1.165) is 5.56 Å². The molecule has 0 bridgehead atoms. The lowest BCUT2D eigenvalue weighted by atomic mass is 10.1. The first-order chi connectivity index (χ1) is 9.17. The van der Waals surface area contributed by atoms with E-state index in [9.17, 15) is 9.59 Å². The summed E-state index contributed by atoms with van der Waals surface area (Å²) >= 11 is 0. The zero-order valence-corrected chi connectivity index (χ0v) is 11.8. The van der Waals surface area contributed by atoms with Crippen LogP contribution in [-0.4, -0.2) is 28.8 Å². The maximum Gasteiger partial charge on any atom is 0.412 e. The number of carboxylic acids is 1. The summed E-state index contributed by atoms with van der Waals surface area (Å²) in [5, 5.41) is 11.3. The van der Waals surface area contributed by atoms with E-state index in [-0.39, 0.29) is 6.42 Å². The van der Waals surface area contributed by atoms with Gasteiger partial charge in [-0.1, -0.05) is 12.1 Å². The van der Waals surface area contributed by atoms with E-state index in [2.05, 4.69) is 5.32 Å². The summed E-state index contributed by atoms with van der Waals surface area (Å²) < 4.78 is 5.12. The summed E-state index contributed by atoms with van der Waals surface area (Å²) in [6, 6.07) is 5.85. The van der Waals surface area contributed by atoms with Crippen LogP contribution >= 0.6 is 0 Å². The van der Waals surface area contributed by atoms with Crippen molar-refractivity contribution in [1.82, 2.24) is 0 Å². The first-order valence-electron chi connectivity index (χ1n) is 6.25.